The zero-order valence-corrected chi connectivity index (χ0v) is 11.9. The first-order valence-electron chi connectivity index (χ1n) is 6.09. The Labute approximate surface area is 112 Å². The molecule has 3 nitrogen and oxygen atoms in total. The van der Waals surface area contributed by atoms with Crippen LogP contribution in [-0.4, -0.2) is 25.1 Å². The van der Waals surface area contributed by atoms with Gasteiger partial charge in [-0.25, -0.2) is 4.98 Å². The molecule has 2 aromatic rings. The Balaban J connectivity index is 2.07. The summed E-state index contributed by atoms with van der Waals surface area (Å²) in [5.41, 5.74) is 1.19. The summed E-state index contributed by atoms with van der Waals surface area (Å²) in [4.78, 5) is 7.96. The second-order valence-electron chi connectivity index (χ2n) is 4.39. The van der Waals surface area contributed by atoms with Gasteiger partial charge in [0.05, 0.1) is 0 Å². The lowest BCUT2D eigenvalue weighted by atomic mass is 10.1. The van der Waals surface area contributed by atoms with Gasteiger partial charge in [0.2, 0.25) is 0 Å². The summed E-state index contributed by atoms with van der Waals surface area (Å²) in [5.74, 6) is 0.905. The molecule has 1 unspecified atom stereocenters. The molecule has 1 atom stereocenters. The average molecular weight is 261 g/mol. The summed E-state index contributed by atoms with van der Waals surface area (Å²) < 4.78 is 0. The van der Waals surface area contributed by atoms with Crippen LogP contribution < -0.4 is 10.2 Å². The summed E-state index contributed by atoms with van der Waals surface area (Å²) in [5, 5.41) is 5.20. The van der Waals surface area contributed by atoms with Crippen molar-refractivity contribution in [2.45, 2.75) is 19.4 Å². The molecule has 0 saturated heterocycles. The van der Waals surface area contributed by atoms with E-state index < -0.39 is 0 Å². The minimum absolute atomic E-state index is 0.468. The highest BCUT2D eigenvalue weighted by Crippen LogP contribution is 2.20. The Morgan fingerprint density at radius 1 is 1.44 bits per heavy atom. The quantitative estimate of drug-likeness (QED) is 0.895. The number of nitrogens with one attached hydrogen (secondary N) is 1. The highest BCUT2D eigenvalue weighted by molar-refractivity contribution is 7.09. The van der Waals surface area contributed by atoms with Crippen LogP contribution in [0.15, 0.2) is 35.8 Å². The van der Waals surface area contributed by atoms with Crippen molar-refractivity contribution >= 4 is 22.8 Å². The van der Waals surface area contributed by atoms with Crippen molar-refractivity contribution in [3.05, 3.63) is 40.7 Å². The SMILES string of the molecule is CNc1cc(N(C)C(C)Cc2cccs2)ccn1. The zero-order valence-electron chi connectivity index (χ0n) is 11.1. The second-order valence-corrected chi connectivity index (χ2v) is 5.42. The summed E-state index contributed by atoms with van der Waals surface area (Å²) in [7, 11) is 4.02. The predicted octanol–water partition coefficient (Wildman–Crippen LogP) is 3.25. The third kappa shape index (κ3) is 3.01. The highest BCUT2D eigenvalue weighted by Gasteiger charge is 2.11. The first-order chi connectivity index (χ1) is 8.70. The van der Waals surface area contributed by atoms with Gasteiger partial charge in [0.25, 0.3) is 0 Å². The van der Waals surface area contributed by atoms with Gasteiger partial charge in [0.15, 0.2) is 0 Å². The van der Waals surface area contributed by atoms with E-state index in [-0.39, 0.29) is 0 Å². The van der Waals surface area contributed by atoms with Gasteiger partial charge in [0, 0.05) is 49.4 Å². The Morgan fingerprint density at radius 2 is 2.28 bits per heavy atom. The lowest BCUT2D eigenvalue weighted by Crippen LogP contribution is -2.30. The average Bonchev–Trinajstić information content (AvgIpc) is 2.90. The van der Waals surface area contributed by atoms with Gasteiger partial charge in [-0.15, -0.1) is 11.3 Å². The number of likely N-dealkylation sites (N-methyl/N-ethyl adjacent to an activating group) is 1. The predicted molar refractivity (Wildman–Crippen MR) is 79.7 cm³/mol. The van der Waals surface area contributed by atoms with Crippen molar-refractivity contribution in [1.82, 2.24) is 4.98 Å². The molecule has 0 radical (unpaired) electrons. The van der Waals surface area contributed by atoms with Gasteiger partial charge in [-0.05, 0) is 24.4 Å². The van der Waals surface area contributed by atoms with Crippen molar-refractivity contribution in [2.75, 3.05) is 24.3 Å². The van der Waals surface area contributed by atoms with E-state index in [4.69, 9.17) is 0 Å². The molecule has 0 spiro atoms. The summed E-state index contributed by atoms with van der Waals surface area (Å²) in [6.07, 6.45) is 2.92. The van der Waals surface area contributed by atoms with Crippen LogP contribution in [0.2, 0.25) is 0 Å². The first kappa shape index (κ1) is 12.9. The van der Waals surface area contributed by atoms with Crippen LogP contribution in [0.3, 0.4) is 0 Å². The number of anilines is 2. The van der Waals surface area contributed by atoms with Crippen LogP contribution in [0.25, 0.3) is 0 Å². The molecule has 2 aromatic heterocycles. The van der Waals surface area contributed by atoms with Crippen LogP contribution >= 0.6 is 11.3 Å². The molecule has 0 amide bonds. The molecule has 0 saturated carbocycles. The Morgan fingerprint density at radius 3 is 2.94 bits per heavy atom. The topological polar surface area (TPSA) is 28.2 Å². The summed E-state index contributed by atoms with van der Waals surface area (Å²) >= 11 is 1.82. The smallest absolute Gasteiger partial charge is 0.127 e. The fourth-order valence-corrected chi connectivity index (χ4v) is 2.71. The monoisotopic (exact) mass is 261 g/mol. The van der Waals surface area contributed by atoms with E-state index in [1.807, 2.05) is 30.6 Å². The maximum Gasteiger partial charge on any atom is 0.127 e. The molecule has 0 aliphatic heterocycles. The lowest BCUT2D eigenvalue weighted by molar-refractivity contribution is 0.688. The van der Waals surface area contributed by atoms with Crippen LogP contribution in [0.1, 0.15) is 11.8 Å². The maximum absolute atomic E-state index is 4.24. The van der Waals surface area contributed by atoms with Gasteiger partial charge in [-0.2, -0.15) is 0 Å². The van der Waals surface area contributed by atoms with E-state index in [9.17, 15) is 0 Å². The second kappa shape index (κ2) is 5.87. The van der Waals surface area contributed by atoms with Crippen LogP contribution in [0, 0.1) is 0 Å². The van der Waals surface area contributed by atoms with Crippen molar-refractivity contribution in [3.8, 4) is 0 Å². The minimum Gasteiger partial charge on any atom is -0.373 e. The molecule has 0 aliphatic rings. The summed E-state index contributed by atoms with van der Waals surface area (Å²) in [6, 6.07) is 8.89. The van der Waals surface area contributed by atoms with Gasteiger partial charge in [0.1, 0.15) is 5.82 Å². The number of rotatable bonds is 5. The van der Waals surface area contributed by atoms with Gasteiger partial charge in [-0.3, -0.25) is 0 Å². The minimum atomic E-state index is 0.468. The largest absolute Gasteiger partial charge is 0.373 e. The van der Waals surface area contributed by atoms with Crippen molar-refractivity contribution in [3.63, 3.8) is 0 Å². The zero-order chi connectivity index (χ0) is 13.0. The maximum atomic E-state index is 4.24. The van der Waals surface area contributed by atoms with Crippen molar-refractivity contribution < 1.29 is 0 Å². The molecule has 4 heteroatoms. The molecule has 18 heavy (non-hydrogen) atoms. The number of hydrogen-bond donors (Lipinski definition) is 1. The third-order valence-electron chi connectivity index (χ3n) is 3.14. The van der Waals surface area contributed by atoms with E-state index >= 15 is 0 Å². The van der Waals surface area contributed by atoms with Crippen molar-refractivity contribution in [2.24, 2.45) is 0 Å². The van der Waals surface area contributed by atoms with Gasteiger partial charge >= 0.3 is 0 Å². The molecule has 2 rings (SSSR count). The van der Waals surface area contributed by atoms with Crippen LogP contribution in [0.4, 0.5) is 11.5 Å². The standard InChI is InChI=1S/C14H19N3S/c1-11(9-13-5-4-8-18-13)17(3)12-6-7-16-14(10-12)15-2/h4-8,10-11H,9H2,1-3H3,(H,15,16). The fraction of sp³-hybridized carbons (Fsp3) is 0.357. The number of nitrogens with zero attached hydrogens (tertiary/aromatic N) is 2. The Bertz CT molecular complexity index is 482. The normalized spacial score (nSPS) is 12.2. The van der Waals surface area contributed by atoms with E-state index in [1.54, 1.807) is 0 Å². The Hall–Kier alpha value is -1.55. The number of aromatic nitrogens is 1. The lowest BCUT2D eigenvalue weighted by Gasteiger charge is -2.27. The summed E-state index contributed by atoms with van der Waals surface area (Å²) in [6.45, 7) is 2.25. The molecule has 96 valence electrons. The van der Waals surface area contributed by atoms with Gasteiger partial charge in [-0.1, -0.05) is 6.07 Å². The number of hydrogen-bond acceptors (Lipinski definition) is 4. The van der Waals surface area contributed by atoms with E-state index in [2.05, 4.69) is 52.8 Å². The van der Waals surface area contributed by atoms with Crippen molar-refractivity contribution in [1.29, 1.82) is 0 Å². The molecular formula is C14H19N3S. The molecule has 0 fully saturated rings. The molecular weight excluding hydrogens is 242 g/mol. The fourth-order valence-electron chi connectivity index (χ4n) is 1.89. The van der Waals surface area contributed by atoms with E-state index in [0.717, 1.165) is 12.2 Å². The molecule has 1 N–H and O–H groups in total. The molecule has 0 aliphatic carbocycles. The van der Waals surface area contributed by atoms with E-state index in [1.165, 1.54) is 10.6 Å². The van der Waals surface area contributed by atoms with E-state index in [0.29, 0.717) is 6.04 Å². The Kier molecular flexibility index (Phi) is 4.20. The molecule has 0 aromatic carbocycles. The number of pyridine rings is 1. The third-order valence-corrected chi connectivity index (χ3v) is 4.04. The van der Waals surface area contributed by atoms with Crippen LogP contribution in [0.5, 0.6) is 0 Å². The van der Waals surface area contributed by atoms with Crippen LogP contribution in [-0.2, 0) is 6.42 Å². The number of thiophene rings is 1. The first-order valence-corrected chi connectivity index (χ1v) is 6.97. The van der Waals surface area contributed by atoms with Gasteiger partial charge < -0.3 is 10.2 Å². The molecule has 0 bridgehead atoms. The molecule has 2 heterocycles. The highest BCUT2D eigenvalue weighted by atomic mass is 32.1.